The first-order chi connectivity index (χ1) is 20.1. The predicted octanol–water partition coefficient (Wildman–Crippen LogP) is 3.19. The number of fused-ring (bicyclic) bond motifs is 2. The molecule has 2 aromatic carbocycles. The zero-order valence-corrected chi connectivity index (χ0v) is 24.0. The second kappa shape index (κ2) is 11.0. The number of nitrogens with one attached hydrogen (secondary N) is 3. The average Bonchev–Trinajstić information content (AvgIpc) is 3.50. The Balaban J connectivity index is 1.21. The van der Waals surface area contributed by atoms with Gasteiger partial charge in [0.25, 0.3) is 11.8 Å². The van der Waals surface area contributed by atoms with Gasteiger partial charge in [-0.05, 0) is 54.2 Å². The number of carbonyl (C=O) groups excluding carboxylic acids is 4. The van der Waals surface area contributed by atoms with E-state index in [1.807, 2.05) is 54.6 Å². The Hall–Kier alpha value is -3.98. The topological polar surface area (TPSA) is 132 Å². The summed E-state index contributed by atoms with van der Waals surface area (Å²) in [5, 5.41) is 17.8. The van der Waals surface area contributed by atoms with E-state index in [9.17, 15) is 24.3 Å². The van der Waals surface area contributed by atoms with E-state index in [2.05, 4.69) is 29.5 Å². The Labute approximate surface area is 245 Å². The molecule has 0 spiro atoms. The van der Waals surface area contributed by atoms with Crippen LogP contribution >= 0.6 is 0 Å². The zero-order valence-electron chi connectivity index (χ0n) is 24.0. The Morgan fingerprint density at radius 3 is 2.55 bits per heavy atom. The van der Waals surface area contributed by atoms with Crippen LogP contribution in [0.2, 0.25) is 0 Å². The molecule has 0 radical (unpaired) electrons. The molecule has 6 rings (SSSR count). The van der Waals surface area contributed by atoms with E-state index in [4.69, 9.17) is 0 Å². The largest absolute Gasteiger partial charge is 0.381 e. The van der Waals surface area contributed by atoms with E-state index in [0.717, 1.165) is 22.9 Å². The number of piperidine rings is 1. The lowest BCUT2D eigenvalue weighted by Crippen LogP contribution is -2.57. The molecular formula is C33H38N4O5. The standard InChI is InChI=1S/C33H38N4O5/c1-33(2)22-18-37(32(42)25-15-20-11-6-7-13-23(20)35-25)28(27(22)33)30(40)36-24(16-21-12-8-14-26(21)38)29(39)31(41)34-17-19-9-4-3-5-10-19/h3-7,9-11,13,15,21-22,24,27-29,35,39H,8,12,14,16-18H2,1-2H3,(H,34,41)(H,36,40)/t21-,22-,24-,27-,28-,29?/m0/s1. The minimum absolute atomic E-state index is 0.0383. The molecule has 6 atom stereocenters. The number of ketones is 1. The average molecular weight is 571 g/mol. The number of H-pyrrole nitrogens is 1. The molecule has 42 heavy (non-hydrogen) atoms. The van der Waals surface area contributed by atoms with Crippen LogP contribution in [0.4, 0.5) is 0 Å². The summed E-state index contributed by atoms with van der Waals surface area (Å²) < 4.78 is 0. The molecule has 0 bridgehead atoms. The van der Waals surface area contributed by atoms with Crippen LogP contribution in [0.15, 0.2) is 60.7 Å². The third-order valence-corrected chi connectivity index (χ3v) is 9.75. The summed E-state index contributed by atoms with van der Waals surface area (Å²) in [4.78, 5) is 58.1. The van der Waals surface area contributed by atoms with Crippen molar-refractivity contribution in [1.29, 1.82) is 0 Å². The number of amides is 3. The molecule has 2 aliphatic carbocycles. The highest BCUT2D eigenvalue weighted by molar-refractivity contribution is 6.01. The van der Waals surface area contributed by atoms with Gasteiger partial charge in [0.05, 0.1) is 6.04 Å². The Morgan fingerprint density at radius 2 is 1.83 bits per heavy atom. The summed E-state index contributed by atoms with van der Waals surface area (Å²) in [6.45, 7) is 4.89. The van der Waals surface area contributed by atoms with Gasteiger partial charge in [0.1, 0.15) is 17.5 Å². The van der Waals surface area contributed by atoms with E-state index in [0.29, 0.717) is 25.1 Å². The van der Waals surface area contributed by atoms with Gasteiger partial charge in [-0.2, -0.15) is 0 Å². The summed E-state index contributed by atoms with van der Waals surface area (Å²) in [5.74, 6) is -1.37. The van der Waals surface area contributed by atoms with Gasteiger partial charge < -0.3 is 25.6 Å². The van der Waals surface area contributed by atoms with Gasteiger partial charge in [0.15, 0.2) is 6.10 Å². The number of likely N-dealkylation sites (tertiary alicyclic amines) is 1. The number of rotatable bonds is 9. The molecule has 1 aromatic heterocycles. The van der Waals surface area contributed by atoms with Crippen molar-refractivity contribution in [2.45, 2.75) is 64.3 Å². The number of nitrogens with zero attached hydrogens (tertiary/aromatic N) is 1. The Kier molecular flexibility index (Phi) is 7.39. The normalized spacial score (nSPS) is 25.6. The molecule has 2 heterocycles. The van der Waals surface area contributed by atoms with Crippen molar-refractivity contribution in [3.05, 3.63) is 71.9 Å². The van der Waals surface area contributed by atoms with Crippen LogP contribution < -0.4 is 10.6 Å². The van der Waals surface area contributed by atoms with Gasteiger partial charge in [-0.1, -0.05) is 62.4 Å². The maximum absolute atomic E-state index is 14.0. The van der Waals surface area contributed by atoms with Crippen molar-refractivity contribution >= 4 is 34.4 Å². The van der Waals surface area contributed by atoms with E-state index in [-0.39, 0.29) is 47.8 Å². The minimum Gasteiger partial charge on any atom is -0.381 e. The quantitative estimate of drug-likeness (QED) is 0.314. The molecule has 1 aliphatic heterocycles. The third-order valence-electron chi connectivity index (χ3n) is 9.75. The highest BCUT2D eigenvalue weighted by Gasteiger charge is 2.69. The van der Waals surface area contributed by atoms with Crippen LogP contribution in [-0.4, -0.2) is 63.2 Å². The van der Waals surface area contributed by atoms with Crippen molar-refractivity contribution in [3.63, 3.8) is 0 Å². The highest BCUT2D eigenvalue weighted by Crippen LogP contribution is 2.65. The van der Waals surface area contributed by atoms with Crippen LogP contribution in [0.5, 0.6) is 0 Å². The van der Waals surface area contributed by atoms with Gasteiger partial charge in [-0.15, -0.1) is 0 Å². The van der Waals surface area contributed by atoms with Crippen molar-refractivity contribution < 1.29 is 24.3 Å². The highest BCUT2D eigenvalue weighted by atomic mass is 16.3. The molecular weight excluding hydrogens is 532 g/mol. The van der Waals surface area contributed by atoms with Crippen molar-refractivity contribution in [3.8, 4) is 0 Å². The molecule has 4 N–H and O–H groups in total. The summed E-state index contributed by atoms with van der Waals surface area (Å²) >= 11 is 0. The van der Waals surface area contributed by atoms with Gasteiger partial charge >= 0.3 is 0 Å². The zero-order chi connectivity index (χ0) is 29.6. The lowest BCUT2D eigenvalue weighted by Gasteiger charge is -2.32. The number of aliphatic hydroxyl groups excluding tert-OH is 1. The van der Waals surface area contributed by atoms with Gasteiger partial charge in [0, 0.05) is 36.3 Å². The van der Waals surface area contributed by atoms with E-state index >= 15 is 0 Å². The van der Waals surface area contributed by atoms with E-state index < -0.39 is 30.0 Å². The number of hydrogen-bond acceptors (Lipinski definition) is 5. The fourth-order valence-corrected chi connectivity index (χ4v) is 7.19. The Bertz CT molecular complexity index is 1480. The second-order valence-electron chi connectivity index (χ2n) is 12.7. The number of benzene rings is 2. The lowest BCUT2D eigenvalue weighted by molar-refractivity contribution is -0.135. The fourth-order valence-electron chi connectivity index (χ4n) is 7.19. The van der Waals surface area contributed by atoms with Gasteiger partial charge in [-0.25, -0.2) is 0 Å². The maximum atomic E-state index is 14.0. The van der Waals surface area contributed by atoms with Gasteiger partial charge in [0.2, 0.25) is 5.91 Å². The molecule has 220 valence electrons. The summed E-state index contributed by atoms with van der Waals surface area (Å²) in [6, 6.07) is 17.1. The van der Waals surface area contributed by atoms with Crippen molar-refractivity contribution in [1.82, 2.24) is 20.5 Å². The molecule has 3 fully saturated rings. The smallest absolute Gasteiger partial charge is 0.271 e. The van der Waals surface area contributed by atoms with Crippen LogP contribution in [-0.2, 0) is 20.9 Å². The first-order valence-corrected chi connectivity index (χ1v) is 14.9. The fraction of sp³-hybridized carbons (Fsp3) is 0.455. The van der Waals surface area contributed by atoms with Crippen molar-refractivity contribution in [2.75, 3.05) is 6.54 Å². The lowest BCUT2D eigenvalue weighted by atomic mass is 9.93. The molecule has 9 nitrogen and oxygen atoms in total. The van der Waals surface area contributed by atoms with Crippen LogP contribution in [0.1, 0.15) is 55.6 Å². The Morgan fingerprint density at radius 1 is 1.10 bits per heavy atom. The SMILES string of the molecule is CC1(C)[C@@H]2[C@@H](C(=O)N[C@@H](C[C@@H]3CCCC3=O)C(O)C(=O)NCc3ccccc3)N(C(=O)c3cc4ccccc4[nH]3)C[C@@H]21. The summed E-state index contributed by atoms with van der Waals surface area (Å²) in [7, 11) is 0. The molecule has 3 amide bonds. The van der Waals surface area contributed by atoms with Gasteiger partial charge in [-0.3, -0.25) is 19.2 Å². The van der Waals surface area contributed by atoms with Crippen molar-refractivity contribution in [2.24, 2.45) is 23.2 Å². The van der Waals surface area contributed by atoms with Crippen LogP contribution in [0, 0.1) is 23.2 Å². The molecule has 1 unspecified atom stereocenters. The molecule has 3 aromatic rings. The molecule has 3 aliphatic rings. The number of aromatic nitrogens is 1. The number of para-hydroxylation sites is 1. The number of Topliss-reactive ketones (excluding diaryl/α,β-unsaturated/α-hetero) is 1. The first-order valence-electron chi connectivity index (χ1n) is 14.9. The maximum Gasteiger partial charge on any atom is 0.271 e. The molecule has 9 heteroatoms. The number of hydrogen-bond donors (Lipinski definition) is 4. The minimum atomic E-state index is -1.55. The number of aromatic amines is 1. The van der Waals surface area contributed by atoms with Crippen LogP contribution in [0.3, 0.4) is 0 Å². The summed E-state index contributed by atoms with van der Waals surface area (Å²) in [6.07, 6.45) is 0.511. The third kappa shape index (κ3) is 5.22. The van der Waals surface area contributed by atoms with E-state index in [1.165, 1.54) is 0 Å². The van der Waals surface area contributed by atoms with E-state index in [1.54, 1.807) is 11.0 Å². The monoisotopic (exact) mass is 570 g/mol. The van der Waals surface area contributed by atoms with Crippen LogP contribution in [0.25, 0.3) is 10.9 Å². The second-order valence-corrected chi connectivity index (χ2v) is 12.7. The number of carbonyl (C=O) groups is 4. The molecule has 2 saturated carbocycles. The number of aliphatic hydroxyl groups is 1. The summed E-state index contributed by atoms with van der Waals surface area (Å²) in [5.41, 5.74) is 2.03. The first kappa shape index (κ1) is 28.2. The molecule has 1 saturated heterocycles. The predicted molar refractivity (Wildman–Crippen MR) is 157 cm³/mol.